The minimum Gasteiger partial charge on any atom is -0.461 e. The van der Waals surface area contributed by atoms with Gasteiger partial charge in [0.2, 0.25) is 0 Å². The molecule has 0 atom stereocenters. The summed E-state index contributed by atoms with van der Waals surface area (Å²) in [5, 5.41) is 8.55. The summed E-state index contributed by atoms with van der Waals surface area (Å²) in [6.45, 7) is 2.08. The number of hydrogen-bond donors (Lipinski definition) is 0. The molecule has 0 amide bonds. The van der Waals surface area contributed by atoms with E-state index >= 15 is 0 Å². The summed E-state index contributed by atoms with van der Waals surface area (Å²) in [7, 11) is 1.33. The van der Waals surface area contributed by atoms with Gasteiger partial charge >= 0.3 is 5.97 Å². The van der Waals surface area contributed by atoms with Crippen LogP contribution in [0.15, 0.2) is 33.8 Å². The molecule has 0 aliphatic heterocycles. The monoisotopic (exact) mass is 453 g/mol. The normalized spacial score (nSPS) is 10.5. The Morgan fingerprint density at radius 1 is 1.47 bits per heavy atom. The maximum absolute atomic E-state index is 12.0. The van der Waals surface area contributed by atoms with Gasteiger partial charge in [-0.25, -0.2) is 9.48 Å². The zero-order valence-corrected chi connectivity index (χ0v) is 14.4. The van der Waals surface area contributed by atoms with Gasteiger partial charge in [-0.05, 0) is 40.1 Å². The van der Waals surface area contributed by atoms with E-state index in [1.165, 1.54) is 13.6 Å². The maximum Gasteiger partial charge on any atom is 0.360 e. The molecular weight excluding hydrogens is 445 g/mol. The topological polar surface area (TPSA) is 57.0 Å². The van der Waals surface area contributed by atoms with Crippen LogP contribution in [0.25, 0.3) is 5.69 Å². The Labute approximate surface area is 134 Å². The van der Waals surface area contributed by atoms with Gasteiger partial charge in [-0.2, -0.15) is 0 Å². The molecule has 0 unspecified atom stereocenters. The minimum atomic E-state index is -0.422. The Balaban J connectivity index is 2.48. The molecule has 19 heavy (non-hydrogen) atoms. The molecule has 0 aliphatic rings. The molecule has 2 rings (SSSR count). The Morgan fingerprint density at radius 3 is 2.74 bits per heavy atom. The first kappa shape index (κ1) is 14.8. The molecule has 0 saturated carbocycles. The van der Waals surface area contributed by atoms with Crippen molar-refractivity contribution in [2.24, 2.45) is 0 Å². The van der Waals surface area contributed by atoms with E-state index in [0.29, 0.717) is 17.3 Å². The number of aromatic nitrogens is 3. The third-order valence-electron chi connectivity index (χ3n) is 2.25. The average Bonchev–Trinajstić information content (AvgIpc) is 2.83. The Hall–Kier alpha value is -0.610. The van der Waals surface area contributed by atoms with Crippen molar-refractivity contribution in [1.82, 2.24) is 15.0 Å². The number of halogens is 2. The number of esters is 1. The number of benzene rings is 1. The molecule has 2 aromatic rings. The van der Waals surface area contributed by atoms with Crippen LogP contribution in [-0.2, 0) is 4.74 Å². The molecular formula is C11H9BrIN3O2S. The standard InChI is InChI=1S/C11H9BrIN3O2S/c1-2-18-11(17)9-10(19-13)14-15-16(9)8-5-3-7(12)4-6-8/h3-6H,2H2,1H3. The lowest BCUT2D eigenvalue weighted by Gasteiger charge is -2.06. The highest BCUT2D eigenvalue weighted by Gasteiger charge is 2.22. The Bertz CT molecular complexity index is 588. The van der Waals surface area contributed by atoms with E-state index in [4.69, 9.17) is 4.74 Å². The van der Waals surface area contributed by atoms with Gasteiger partial charge in [-0.3, -0.25) is 0 Å². The van der Waals surface area contributed by atoms with Gasteiger partial charge < -0.3 is 4.74 Å². The van der Waals surface area contributed by atoms with Crippen LogP contribution in [0, 0.1) is 0 Å². The van der Waals surface area contributed by atoms with Crippen LogP contribution < -0.4 is 0 Å². The van der Waals surface area contributed by atoms with Crippen LogP contribution in [-0.4, -0.2) is 27.6 Å². The summed E-state index contributed by atoms with van der Waals surface area (Å²) in [6.07, 6.45) is 0. The zero-order valence-electron chi connectivity index (χ0n) is 9.84. The SMILES string of the molecule is CCOC(=O)c1c(SI)nnn1-c1ccc(Br)cc1. The van der Waals surface area contributed by atoms with E-state index < -0.39 is 5.97 Å². The second kappa shape index (κ2) is 6.71. The molecule has 1 aromatic heterocycles. The fraction of sp³-hybridized carbons (Fsp3) is 0.182. The van der Waals surface area contributed by atoms with E-state index in [1.54, 1.807) is 6.92 Å². The van der Waals surface area contributed by atoms with Crippen molar-refractivity contribution in [2.75, 3.05) is 6.61 Å². The average molecular weight is 454 g/mol. The van der Waals surface area contributed by atoms with Gasteiger partial charge in [0, 0.05) is 25.7 Å². The van der Waals surface area contributed by atoms with Crippen molar-refractivity contribution in [3.8, 4) is 5.69 Å². The highest BCUT2D eigenvalue weighted by atomic mass is 127. The second-order valence-electron chi connectivity index (χ2n) is 3.43. The molecule has 0 saturated heterocycles. The van der Waals surface area contributed by atoms with E-state index in [1.807, 2.05) is 24.3 Å². The van der Waals surface area contributed by atoms with Crippen LogP contribution in [0.1, 0.15) is 17.4 Å². The quantitative estimate of drug-likeness (QED) is 0.522. The first-order chi connectivity index (χ1) is 9.17. The summed E-state index contributed by atoms with van der Waals surface area (Å²) in [5.74, 6) is -0.422. The summed E-state index contributed by atoms with van der Waals surface area (Å²) in [5.41, 5.74) is 1.11. The van der Waals surface area contributed by atoms with E-state index in [9.17, 15) is 4.79 Å². The fourth-order valence-electron chi connectivity index (χ4n) is 1.46. The molecule has 0 aliphatic carbocycles. The lowest BCUT2D eigenvalue weighted by Crippen LogP contribution is -2.12. The first-order valence-corrected chi connectivity index (χ1v) is 9.50. The van der Waals surface area contributed by atoms with Gasteiger partial charge in [0.1, 0.15) is 0 Å². The van der Waals surface area contributed by atoms with E-state index in [-0.39, 0.29) is 0 Å². The van der Waals surface area contributed by atoms with Gasteiger partial charge in [-0.15, -0.1) is 5.10 Å². The number of ether oxygens (including phenoxy) is 1. The molecule has 1 aromatic carbocycles. The predicted octanol–water partition coefficient (Wildman–Crippen LogP) is 3.65. The molecule has 0 spiro atoms. The zero-order chi connectivity index (χ0) is 13.8. The van der Waals surface area contributed by atoms with Gasteiger partial charge in [0.05, 0.1) is 12.3 Å². The summed E-state index contributed by atoms with van der Waals surface area (Å²) in [4.78, 5) is 12.0. The highest BCUT2D eigenvalue weighted by molar-refractivity contribution is 14.2. The molecule has 0 bridgehead atoms. The van der Waals surface area contributed by atoms with Crippen molar-refractivity contribution < 1.29 is 9.53 Å². The van der Waals surface area contributed by atoms with Crippen LogP contribution in [0.4, 0.5) is 0 Å². The number of carbonyl (C=O) groups is 1. The van der Waals surface area contributed by atoms with Crippen molar-refractivity contribution in [1.29, 1.82) is 0 Å². The van der Waals surface area contributed by atoms with Crippen molar-refractivity contribution in [3.05, 3.63) is 34.4 Å². The largest absolute Gasteiger partial charge is 0.461 e. The lowest BCUT2D eigenvalue weighted by molar-refractivity contribution is 0.0511. The third-order valence-corrected chi connectivity index (χ3v) is 4.45. The molecule has 0 N–H and O–H groups in total. The van der Waals surface area contributed by atoms with Crippen LogP contribution in [0.5, 0.6) is 0 Å². The summed E-state index contributed by atoms with van der Waals surface area (Å²) in [6, 6.07) is 7.46. The van der Waals surface area contributed by atoms with E-state index in [0.717, 1.165) is 10.2 Å². The first-order valence-electron chi connectivity index (χ1n) is 5.34. The molecule has 8 heteroatoms. The highest BCUT2D eigenvalue weighted by Crippen LogP contribution is 2.28. The Morgan fingerprint density at radius 2 is 2.16 bits per heavy atom. The summed E-state index contributed by atoms with van der Waals surface area (Å²) >= 11 is 5.43. The van der Waals surface area contributed by atoms with E-state index in [2.05, 4.69) is 47.4 Å². The number of hydrogen-bond acceptors (Lipinski definition) is 5. The van der Waals surface area contributed by atoms with Gasteiger partial charge in [0.15, 0.2) is 10.7 Å². The maximum atomic E-state index is 12.0. The number of carbonyl (C=O) groups excluding carboxylic acids is 1. The third kappa shape index (κ3) is 3.29. The molecule has 1 heterocycles. The number of rotatable bonds is 4. The van der Waals surface area contributed by atoms with Crippen molar-refractivity contribution in [3.63, 3.8) is 0 Å². The molecule has 0 radical (unpaired) electrons. The molecule has 100 valence electrons. The van der Waals surface area contributed by atoms with Crippen molar-refractivity contribution in [2.45, 2.75) is 11.9 Å². The number of nitrogens with zero attached hydrogens (tertiary/aromatic N) is 3. The van der Waals surface area contributed by atoms with Crippen LogP contribution >= 0.6 is 46.1 Å². The molecule has 0 fully saturated rings. The van der Waals surface area contributed by atoms with Gasteiger partial charge in [0.25, 0.3) is 0 Å². The fourth-order valence-corrected chi connectivity index (χ4v) is 2.92. The predicted molar refractivity (Wildman–Crippen MR) is 84.9 cm³/mol. The summed E-state index contributed by atoms with van der Waals surface area (Å²) < 4.78 is 7.50. The smallest absolute Gasteiger partial charge is 0.360 e. The minimum absolute atomic E-state index is 0.315. The Kier molecular flexibility index (Phi) is 5.22. The van der Waals surface area contributed by atoms with Crippen LogP contribution in [0.3, 0.4) is 0 Å². The second-order valence-corrected chi connectivity index (χ2v) is 6.21. The van der Waals surface area contributed by atoms with Gasteiger partial charge in [-0.1, -0.05) is 21.1 Å². The van der Waals surface area contributed by atoms with Crippen molar-refractivity contribution >= 4 is 52.0 Å². The lowest BCUT2D eigenvalue weighted by atomic mass is 10.3. The van der Waals surface area contributed by atoms with Crippen LogP contribution in [0.2, 0.25) is 0 Å². The molecule has 5 nitrogen and oxygen atoms in total.